The molecule has 2 unspecified atom stereocenters. The SMILES string of the molecule is CCCCCCCCCC1(C(=O)OCC)OC1C. The zero-order valence-corrected chi connectivity index (χ0v) is 12.2. The van der Waals surface area contributed by atoms with Gasteiger partial charge >= 0.3 is 5.97 Å². The molecule has 0 aliphatic carbocycles. The van der Waals surface area contributed by atoms with E-state index in [1.165, 1.54) is 38.5 Å². The summed E-state index contributed by atoms with van der Waals surface area (Å²) in [4.78, 5) is 11.8. The summed E-state index contributed by atoms with van der Waals surface area (Å²) in [7, 11) is 0. The summed E-state index contributed by atoms with van der Waals surface area (Å²) in [6.45, 7) is 6.47. The molecule has 0 amide bonds. The van der Waals surface area contributed by atoms with Crippen molar-refractivity contribution >= 4 is 5.97 Å². The minimum Gasteiger partial charge on any atom is -0.464 e. The van der Waals surface area contributed by atoms with Gasteiger partial charge in [-0.2, -0.15) is 0 Å². The fourth-order valence-corrected chi connectivity index (χ4v) is 2.46. The first-order valence-corrected chi connectivity index (χ1v) is 7.52. The third kappa shape index (κ3) is 4.27. The lowest BCUT2D eigenvalue weighted by molar-refractivity contribution is -0.149. The maximum atomic E-state index is 11.8. The van der Waals surface area contributed by atoms with Crippen LogP contribution in [0.1, 0.15) is 72.1 Å². The lowest BCUT2D eigenvalue weighted by atomic mass is 9.97. The van der Waals surface area contributed by atoms with Crippen molar-refractivity contribution in [2.45, 2.75) is 83.8 Å². The fraction of sp³-hybridized carbons (Fsp3) is 0.933. The standard InChI is InChI=1S/C15H28O3/c1-4-6-7-8-9-10-11-12-15(13(3)18-15)14(16)17-5-2/h13H,4-12H2,1-3H3. The molecule has 0 aromatic carbocycles. The average molecular weight is 256 g/mol. The first-order chi connectivity index (χ1) is 8.67. The Morgan fingerprint density at radius 2 is 1.67 bits per heavy atom. The molecule has 1 aliphatic heterocycles. The molecular weight excluding hydrogens is 228 g/mol. The maximum absolute atomic E-state index is 11.8. The molecule has 3 heteroatoms. The molecular formula is C15H28O3. The second-order valence-corrected chi connectivity index (χ2v) is 5.24. The lowest BCUT2D eigenvalue weighted by Gasteiger charge is -2.11. The van der Waals surface area contributed by atoms with Crippen LogP contribution in [0.4, 0.5) is 0 Å². The number of ether oxygens (including phenoxy) is 2. The largest absolute Gasteiger partial charge is 0.464 e. The number of hydrogen-bond acceptors (Lipinski definition) is 3. The number of unbranched alkanes of at least 4 members (excludes halogenated alkanes) is 6. The van der Waals surface area contributed by atoms with Crippen LogP contribution in [0.5, 0.6) is 0 Å². The van der Waals surface area contributed by atoms with Gasteiger partial charge in [0.25, 0.3) is 0 Å². The third-order valence-electron chi connectivity index (χ3n) is 3.76. The Labute approximate surface area is 111 Å². The molecule has 1 fully saturated rings. The number of esters is 1. The van der Waals surface area contributed by atoms with Crippen LogP contribution in [-0.2, 0) is 14.3 Å². The van der Waals surface area contributed by atoms with Gasteiger partial charge in [-0.3, -0.25) is 0 Å². The summed E-state index contributed by atoms with van der Waals surface area (Å²) < 4.78 is 10.6. The third-order valence-corrected chi connectivity index (χ3v) is 3.76. The van der Waals surface area contributed by atoms with Gasteiger partial charge in [-0.1, -0.05) is 45.4 Å². The second kappa shape index (κ2) is 7.78. The van der Waals surface area contributed by atoms with Crippen LogP contribution < -0.4 is 0 Å². The Bertz CT molecular complexity index is 252. The van der Waals surface area contributed by atoms with Crippen LogP contribution in [-0.4, -0.2) is 24.3 Å². The van der Waals surface area contributed by atoms with Gasteiger partial charge in [0.2, 0.25) is 0 Å². The molecule has 1 rings (SSSR count). The van der Waals surface area contributed by atoms with E-state index in [0.717, 1.165) is 12.8 Å². The molecule has 1 saturated heterocycles. The fourth-order valence-electron chi connectivity index (χ4n) is 2.46. The Morgan fingerprint density at radius 1 is 1.11 bits per heavy atom. The lowest BCUT2D eigenvalue weighted by Crippen LogP contribution is -2.29. The van der Waals surface area contributed by atoms with E-state index in [2.05, 4.69) is 6.92 Å². The number of carbonyl (C=O) groups is 1. The number of epoxide rings is 1. The molecule has 18 heavy (non-hydrogen) atoms. The highest BCUT2D eigenvalue weighted by molar-refractivity contribution is 5.83. The van der Waals surface area contributed by atoms with Crippen molar-refractivity contribution in [1.29, 1.82) is 0 Å². The van der Waals surface area contributed by atoms with Crippen LogP contribution in [0, 0.1) is 0 Å². The average Bonchev–Trinajstić information content (AvgIpc) is 3.01. The van der Waals surface area contributed by atoms with Gasteiger partial charge in [-0.15, -0.1) is 0 Å². The number of carbonyl (C=O) groups excluding carboxylic acids is 1. The van der Waals surface area contributed by atoms with E-state index >= 15 is 0 Å². The zero-order chi connectivity index (χ0) is 13.4. The van der Waals surface area contributed by atoms with Gasteiger partial charge in [-0.25, -0.2) is 4.79 Å². The molecule has 0 aromatic heterocycles. The summed E-state index contributed by atoms with van der Waals surface area (Å²) in [5, 5.41) is 0. The Kier molecular flexibility index (Phi) is 6.69. The van der Waals surface area contributed by atoms with Crippen molar-refractivity contribution in [1.82, 2.24) is 0 Å². The Balaban J connectivity index is 2.11. The smallest absolute Gasteiger partial charge is 0.341 e. The van der Waals surface area contributed by atoms with E-state index in [0.29, 0.717) is 6.61 Å². The van der Waals surface area contributed by atoms with Gasteiger partial charge in [0.05, 0.1) is 12.7 Å². The van der Waals surface area contributed by atoms with E-state index in [1.807, 2.05) is 13.8 Å². The van der Waals surface area contributed by atoms with E-state index in [4.69, 9.17) is 9.47 Å². The van der Waals surface area contributed by atoms with Gasteiger partial charge in [0.1, 0.15) is 0 Å². The van der Waals surface area contributed by atoms with Crippen molar-refractivity contribution in [3.05, 3.63) is 0 Å². The van der Waals surface area contributed by atoms with E-state index in [9.17, 15) is 4.79 Å². The Hall–Kier alpha value is -0.570. The molecule has 0 spiro atoms. The summed E-state index contributed by atoms with van der Waals surface area (Å²) in [5.74, 6) is -0.163. The highest BCUT2D eigenvalue weighted by Crippen LogP contribution is 2.42. The van der Waals surface area contributed by atoms with Crippen LogP contribution in [0.25, 0.3) is 0 Å². The highest BCUT2D eigenvalue weighted by Gasteiger charge is 2.60. The molecule has 2 atom stereocenters. The summed E-state index contributed by atoms with van der Waals surface area (Å²) >= 11 is 0. The predicted molar refractivity (Wildman–Crippen MR) is 72.5 cm³/mol. The first-order valence-electron chi connectivity index (χ1n) is 7.52. The molecule has 1 aliphatic rings. The van der Waals surface area contributed by atoms with Crippen molar-refractivity contribution in [3.63, 3.8) is 0 Å². The van der Waals surface area contributed by atoms with Gasteiger partial charge in [0, 0.05) is 0 Å². The van der Waals surface area contributed by atoms with Gasteiger partial charge in [-0.05, 0) is 26.7 Å². The molecule has 0 radical (unpaired) electrons. The molecule has 1 heterocycles. The van der Waals surface area contributed by atoms with Gasteiger partial charge in [0.15, 0.2) is 5.60 Å². The van der Waals surface area contributed by atoms with Crippen molar-refractivity contribution in [3.8, 4) is 0 Å². The second-order valence-electron chi connectivity index (χ2n) is 5.24. The number of hydrogen-bond donors (Lipinski definition) is 0. The van der Waals surface area contributed by atoms with Crippen LogP contribution >= 0.6 is 0 Å². The molecule has 0 N–H and O–H groups in total. The van der Waals surface area contributed by atoms with E-state index < -0.39 is 5.60 Å². The molecule has 0 aromatic rings. The Morgan fingerprint density at radius 3 is 2.17 bits per heavy atom. The maximum Gasteiger partial charge on any atom is 0.341 e. The van der Waals surface area contributed by atoms with Crippen LogP contribution in [0.2, 0.25) is 0 Å². The minimum atomic E-state index is -0.598. The van der Waals surface area contributed by atoms with Crippen LogP contribution in [0.3, 0.4) is 0 Å². The molecule has 3 nitrogen and oxygen atoms in total. The summed E-state index contributed by atoms with van der Waals surface area (Å²) in [5.41, 5.74) is -0.598. The van der Waals surface area contributed by atoms with E-state index in [-0.39, 0.29) is 12.1 Å². The monoisotopic (exact) mass is 256 g/mol. The number of rotatable bonds is 10. The van der Waals surface area contributed by atoms with Gasteiger partial charge < -0.3 is 9.47 Å². The topological polar surface area (TPSA) is 38.8 Å². The highest BCUT2D eigenvalue weighted by atomic mass is 16.7. The summed E-state index contributed by atoms with van der Waals surface area (Å²) in [6, 6.07) is 0. The quantitative estimate of drug-likeness (QED) is 0.338. The zero-order valence-electron chi connectivity index (χ0n) is 12.2. The predicted octanol–water partition coefficient (Wildman–Crippen LogP) is 3.85. The molecule has 0 bridgehead atoms. The summed E-state index contributed by atoms with van der Waals surface area (Å²) in [6.07, 6.45) is 9.68. The molecule has 106 valence electrons. The van der Waals surface area contributed by atoms with Crippen LogP contribution in [0.15, 0.2) is 0 Å². The molecule has 0 saturated carbocycles. The van der Waals surface area contributed by atoms with Crippen molar-refractivity contribution in [2.24, 2.45) is 0 Å². The first kappa shape index (κ1) is 15.5. The minimum absolute atomic E-state index is 0.0386. The van der Waals surface area contributed by atoms with E-state index in [1.54, 1.807) is 0 Å². The van der Waals surface area contributed by atoms with Crippen molar-refractivity contribution in [2.75, 3.05) is 6.61 Å². The normalized spacial score (nSPS) is 26.1. The van der Waals surface area contributed by atoms with Crippen molar-refractivity contribution < 1.29 is 14.3 Å².